The Morgan fingerprint density at radius 1 is 1.30 bits per heavy atom. The molecule has 0 spiro atoms. The van der Waals surface area contributed by atoms with Gasteiger partial charge < -0.3 is 21.1 Å². The quantitative estimate of drug-likeness (QED) is 0.551. The fraction of sp³-hybridized carbons (Fsp3) is 0.769. The first kappa shape index (κ1) is 18.2. The van der Waals surface area contributed by atoms with E-state index in [9.17, 15) is 14.4 Å². The molecule has 0 aliphatic rings. The van der Waals surface area contributed by atoms with Crippen LogP contribution in [0.5, 0.6) is 0 Å². The van der Waals surface area contributed by atoms with E-state index in [1.54, 1.807) is 0 Å². The van der Waals surface area contributed by atoms with Gasteiger partial charge in [0.1, 0.15) is 6.54 Å². The van der Waals surface area contributed by atoms with Gasteiger partial charge in [-0.3, -0.25) is 9.59 Å². The normalized spacial score (nSPS) is 11.7. The van der Waals surface area contributed by atoms with Crippen LogP contribution in [-0.4, -0.2) is 47.5 Å². The number of amides is 3. The van der Waals surface area contributed by atoms with E-state index >= 15 is 0 Å². The molecule has 4 N–H and O–H groups in total. The summed E-state index contributed by atoms with van der Waals surface area (Å²) in [6, 6.07) is -0.374. The molecule has 0 fully saturated rings. The molecular formula is C13H25N3O4. The Morgan fingerprint density at radius 3 is 2.40 bits per heavy atom. The smallest absolute Gasteiger partial charge is 0.317 e. The molecule has 0 aromatic carbocycles. The number of rotatable bonds is 10. The van der Waals surface area contributed by atoms with Crippen molar-refractivity contribution in [1.29, 1.82) is 0 Å². The lowest BCUT2D eigenvalue weighted by atomic mass is 10.0. The molecule has 7 heteroatoms. The predicted octanol–water partition coefficient (Wildman–Crippen LogP) is 0.784. The van der Waals surface area contributed by atoms with Gasteiger partial charge in [0.2, 0.25) is 5.91 Å². The molecule has 7 nitrogen and oxygen atoms in total. The van der Waals surface area contributed by atoms with E-state index in [0.29, 0.717) is 13.0 Å². The zero-order valence-corrected chi connectivity index (χ0v) is 12.2. The van der Waals surface area contributed by atoms with Crippen LogP contribution in [0.1, 0.15) is 39.5 Å². The number of carbonyl (C=O) groups excluding carboxylic acids is 2. The largest absolute Gasteiger partial charge is 0.481 e. The maximum Gasteiger partial charge on any atom is 0.317 e. The van der Waals surface area contributed by atoms with Crippen LogP contribution in [0.2, 0.25) is 0 Å². The number of urea groups is 1. The first-order valence-corrected chi connectivity index (χ1v) is 6.93. The summed E-state index contributed by atoms with van der Waals surface area (Å²) < 4.78 is 0. The number of carbonyl (C=O) groups is 3. The predicted molar refractivity (Wildman–Crippen MR) is 75.1 cm³/mol. The van der Waals surface area contributed by atoms with E-state index < -0.39 is 11.9 Å². The van der Waals surface area contributed by atoms with Crippen molar-refractivity contribution in [3.63, 3.8) is 0 Å². The van der Waals surface area contributed by atoms with Crippen molar-refractivity contribution in [3.05, 3.63) is 0 Å². The second-order valence-corrected chi connectivity index (χ2v) is 4.80. The van der Waals surface area contributed by atoms with E-state index in [1.807, 2.05) is 13.8 Å². The molecule has 0 aliphatic carbocycles. The Hall–Kier alpha value is -1.79. The van der Waals surface area contributed by atoms with Crippen LogP contribution in [0.4, 0.5) is 4.79 Å². The number of hydrogen-bond donors (Lipinski definition) is 3. The standard InChI is InChI=1S/C13H25N3O4/c1-3-5-6-16(9-11(14)17)13(20)15-8-10(4-2)7-12(18)19/h10H,3-9H2,1-2H3,(H2,14,17)(H,15,20)(H,18,19). The van der Waals surface area contributed by atoms with Crippen LogP contribution in [0, 0.1) is 5.92 Å². The molecule has 0 radical (unpaired) electrons. The molecule has 1 atom stereocenters. The zero-order chi connectivity index (χ0) is 15.5. The summed E-state index contributed by atoms with van der Waals surface area (Å²) in [7, 11) is 0. The Morgan fingerprint density at radius 2 is 1.95 bits per heavy atom. The number of carboxylic acid groups (broad SMARTS) is 1. The first-order valence-electron chi connectivity index (χ1n) is 6.93. The second kappa shape index (κ2) is 10.1. The molecule has 116 valence electrons. The summed E-state index contributed by atoms with van der Waals surface area (Å²) in [5.41, 5.74) is 5.11. The number of nitrogens with two attached hydrogens (primary N) is 1. The van der Waals surface area contributed by atoms with Crippen molar-refractivity contribution < 1.29 is 19.5 Å². The van der Waals surface area contributed by atoms with Gasteiger partial charge in [-0.25, -0.2) is 4.79 Å². The van der Waals surface area contributed by atoms with Crippen LogP contribution >= 0.6 is 0 Å². The van der Waals surface area contributed by atoms with Gasteiger partial charge in [0.05, 0.1) is 0 Å². The second-order valence-electron chi connectivity index (χ2n) is 4.80. The minimum atomic E-state index is -0.883. The number of carboxylic acids is 1. The number of nitrogens with one attached hydrogen (secondary N) is 1. The first-order chi connectivity index (χ1) is 9.40. The van der Waals surface area contributed by atoms with Crippen molar-refractivity contribution in [3.8, 4) is 0 Å². The fourth-order valence-electron chi connectivity index (χ4n) is 1.74. The molecule has 0 aromatic heterocycles. The fourth-order valence-corrected chi connectivity index (χ4v) is 1.74. The molecule has 1 unspecified atom stereocenters. The number of unbranched alkanes of at least 4 members (excludes halogenated alkanes) is 1. The van der Waals surface area contributed by atoms with E-state index in [-0.39, 0.29) is 31.5 Å². The third-order valence-corrected chi connectivity index (χ3v) is 3.00. The summed E-state index contributed by atoms with van der Waals surface area (Å²) >= 11 is 0. The number of aliphatic carboxylic acids is 1. The zero-order valence-electron chi connectivity index (χ0n) is 12.2. The molecule has 0 aromatic rings. The van der Waals surface area contributed by atoms with Crippen molar-refractivity contribution >= 4 is 17.9 Å². The summed E-state index contributed by atoms with van der Waals surface area (Å²) in [6.07, 6.45) is 2.37. The highest BCUT2D eigenvalue weighted by molar-refractivity contribution is 5.82. The van der Waals surface area contributed by atoms with Gasteiger partial charge in [-0.2, -0.15) is 0 Å². The lowest BCUT2D eigenvalue weighted by Crippen LogP contribution is -2.46. The van der Waals surface area contributed by atoms with Gasteiger partial charge in [-0.15, -0.1) is 0 Å². The number of hydrogen-bond acceptors (Lipinski definition) is 3. The molecule has 0 aliphatic heterocycles. The van der Waals surface area contributed by atoms with Gasteiger partial charge in [0.25, 0.3) is 0 Å². The summed E-state index contributed by atoms with van der Waals surface area (Å²) in [5, 5.41) is 11.4. The Kier molecular flexibility index (Phi) is 9.15. The van der Waals surface area contributed by atoms with E-state index in [0.717, 1.165) is 12.8 Å². The van der Waals surface area contributed by atoms with E-state index in [2.05, 4.69) is 5.32 Å². The molecule has 0 rings (SSSR count). The van der Waals surface area contributed by atoms with Crippen LogP contribution in [-0.2, 0) is 9.59 Å². The third kappa shape index (κ3) is 8.34. The van der Waals surface area contributed by atoms with E-state index in [4.69, 9.17) is 10.8 Å². The van der Waals surface area contributed by atoms with Gasteiger partial charge in [-0.05, 0) is 12.3 Å². The van der Waals surface area contributed by atoms with Gasteiger partial charge in [-0.1, -0.05) is 26.7 Å². The maximum atomic E-state index is 12.0. The van der Waals surface area contributed by atoms with Crippen LogP contribution in [0.25, 0.3) is 0 Å². The number of primary amides is 1. The van der Waals surface area contributed by atoms with Gasteiger partial charge in [0, 0.05) is 19.5 Å². The molecule has 20 heavy (non-hydrogen) atoms. The summed E-state index contributed by atoms with van der Waals surface area (Å²) in [4.78, 5) is 34.9. The molecule has 3 amide bonds. The minimum absolute atomic E-state index is 0.0154. The lowest BCUT2D eigenvalue weighted by molar-refractivity contribution is -0.138. The molecule has 0 heterocycles. The average Bonchev–Trinajstić information content (AvgIpc) is 2.38. The minimum Gasteiger partial charge on any atom is -0.481 e. The van der Waals surface area contributed by atoms with Gasteiger partial charge in [0.15, 0.2) is 0 Å². The third-order valence-electron chi connectivity index (χ3n) is 3.00. The van der Waals surface area contributed by atoms with Gasteiger partial charge >= 0.3 is 12.0 Å². The SMILES string of the molecule is CCCCN(CC(N)=O)C(=O)NCC(CC)CC(=O)O. The Bertz CT molecular complexity index is 334. The maximum absolute atomic E-state index is 12.0. The van der Waals surface area contributed by atoms with Crippen molar-refractivity contribution in [2.24, 2.45) is 11.7 Å². The van der Waals surface area contributed by atoms with Crippen LogP contribution in [0.3, 0.4) is 0 Å². The van der Waals surface area contributed by atoms with Crippen molar-refractivity contribution in [2.45, 2.75) is 39.5 Å². The number of nitrogens with zero attached hydrogens (tertiary/aromatic N) is 1. The summed E-state index contributed by atoms with van der Waals surface area (Å²) in [6.45, 7) is 4.48. The van der Waals surface area contributed by atoms with Crippen LogP contribution in [0.15, 0.2) is 0 Å². The van der Waals surface area contributed by atoms with Crippen molar-refractivity contribution in [1.82, 2.24) is 10.2 Å². The summed E-state index contributed by atoms with van der Waals surface area (Å²) in [5.74, 6) is -1.56. The molecule has 0 saturated heterocycles. The Labute approximate surface area is 119 Å². The Balaban J connectivity index is 4.35. The average molecular weight is 287 g/mol. The highest BCUT2D eigenvalue weighted by Gasteiger charge is 2.17. The molecule has 0 bridgehead atoms. The van der Waals surface area contributed by atoms with Crippen LogP contribution < -0.4 is 11.1 Å². The highest BCUT2D eigenvalue weighted by Crippen LogP contribution is 2.07. The molecular weight excluding hydrogens is 262 g/mol. The van der Waals surface area contributed by atoms with E-state index in [1.165, 1.54) is 4.90 Å². The van der Waals surface area contributed by atoms with Crippen molar-refractivity contribution in [2.75, 3.05) is 19.6 Å². The molecule has 0 saturated carbocycles. The highest BCUT2D eigenvalue weighted by atomic mass is 16.4. The topological polar surface area (TPSA) is 113 Å². The monoisotopic (exact) mass is 287 g/mol. The lowest BCUT2D eigenvalue weighted by Gasteiger charge is -2.23.